The van der Waals surface area contributed by atoms with Gasteiger partial charge >= 0.3 is 0 Å². The molecule has 8 heteroatoms. The molecule has 1 aromatic rings. The van der Waals surface area contributed by atoms with E-state index >= 15 is 0 Å². The Morgan fingerprint density at radius 2 is 1.86 bits per heavy atom. The third-order valence-corrected chi connectivity index (χ3v) is 5.83. The number of aliphatic hydroxyl groups is 2. The number of amides is 1. The summed E-state index contributed by atoms with van der Waals surface area (Å²) in [5.74, 6) is -0.559. The molecule has 0 aliphatic carbocycles. The van der Waals surface area contributed by atoms with E-state index in [1.165, 1.54) is 12.1 Å². The van der Waals surface area contributed by atoms with Gasteiger partial charge in [0.1, 0.15) is 0 Å². The van der Waals surface area contributed by atoms with Crippen molar-refractivity contribution in [1.82, 2.24) is 4.31 Å². The van der Waals surface area contributed by atoms with E-state index in [1.54, 1.807) is 13.0 Å². The fourth-order valence-electron chi connectivity index (χ4n) is 2.64. The molecule has 1 aromatic carbocycles. The molecule has 1 saturated heterocycles. The molecule has 0 aromatic heterocycles. The number of fused-ring (bicyclic) bond motifs is 1. The van der Waals surface area contributed by atoms with Gasteiger partial charge < -0.3 is 15.5 Å². The predicted octanol–water partition coefficient (Wildman–Crippen LogP) is -0.532. The largest absolute Gasteiger partial charge is 0.389 e. The van der Waals surface area contributed by atoms with Gasteiger partial charge in [-0.25, -0.2) is 8.42 Å². The second-order valence-electron chi connectivity index (χ2n) is 5.42. The van der Waals surface area contributed by atoms with Crippen molar-refractivity contribution in [3.8, 4) is 0 Å². The Labute approximate surface area is 122 Å². The average molecular weight is 312 g/mol. The summed E-state index contributed by atoms with van der Waals surface area (Å²) in [6, 6.07) is 4.46. The van der Waals surface area contributed by atoms with Crippen molar-refractivity contribution in [2.75, 3.05) is 18.4 Å². The van der Waals surface area contributed by atoms with Crippen LogP contribution < -0.4 is 5.32 Å². The van der Waals surface area contributed by atoms with E-state index in [0.29, 0.717) is 11.3 Å². The van der Waals surface area contributed by atoms with Crippen LogP contribution in [-0.4, -0.2) is 54.1 Å². The molecule has 21 heavy (non-hydrogen) atoms. The van der Waals surface area contributed by atoms with Crippen LogP contribution in [0, 0.1) is 0 Å². The van der Waals surface area contributed by atoms with E-state index in [-0.39, 0.29) is 23.9 Å². The van der Waals surface area contributed by atoms with Gasteiger partial charge in [0, 0.05) is 18.8 Å². The fourth-order valence-corrected chi connectivity index (χ4v) is 4.15. The number of anilines is 1. The monoisotopic (exact) mass is 312 g/mol. The zero-order valence-corrected chi connectivity index (χ0v) is 12.2. The van der Waals surface area contributed by atoms with Gasteiger partial charge in [-0.2, -0.15) is 4.31 Å². The minimum absolute atomic E-state index is 0.0610. The quantitative estimate of drug-likeness (QED) is 0.680. The van der Waals surface area contributed by atoms with E-state index < -0.39 is 28.1 Å². The first-order valence-electron chi connectivity index (χ1n) is 6.62. The molecule has 1 fully saturated rings. The normalized spacial score (nSPS) is 29.5. The molecule has 0 radical (unpaired) electrons. The molecule has 3 N–H and O–H groups in total. The zero-order valence-electron chi connectivity index (χ0n) is 11.4. The summed E-state index contributed by atoms with van der Waals surface area (Å²) in [6.45, 7) is 1.45. The van der Waals surface area contributed by atoms with Gasteiger partial charge in [-0.05, 0) is 30.7 Å². The van der Waals surface area contributed by atoms with Gasteiger partial charge in [0.15, 0.2) is 0 Å². The van der Waals surface area contributed by atoms with Crippen LogP contribution in [0.25, 0.3) is 0 Å². The summed E-state index contributed by atoms with van der Waals surface area (Å²) in [5, 5.41) is 21.7. The predicted molar refractivity (Wildman–Crippen MR) is 74.3 cm³/mol. The highest BCUT2D eigenvalue weighted by Gasteiger charge is 2.38. The molecule has 1 amide bonds. The first-order valence-corrected chi connectivity index (χ1v) is 8.06. The minimum Gasteiger partial charge on any atom is -0.389 e. The second-order valence-corrected chi connectivity index (χ2v) is 7.35. The molecule has 7 nitrogen and oxygen atoms in total. The van der Waals surface area contributed by atoms with Gasteiger partial charge in [0.25, 0.3) is 0 Å². The summed E-state index contributed by atoms with van der Waals surface area (Å²) < 4.78 is 26.1. The number of benzene rings is 1. The van der Waals surface area contributed by atoms with Crippen molar-refractivity contribution >= 4 is 21.6 Å². The molecule has 2 aliphatic heterocycles. The summed E-state index contributed by atoms with van der Waals surface area (Å²) in [5.41, 5.74) is 1.26. The standard InChI is InChI=1S/C13H16N2O5S/c1-7-9-4-8(2-3-10(9)14-13(7)18)21(19,20)15-5-11(16)12(17)6-15/h2-4,7,11-12,16-17H,5-6H2,1H3,(H,14,18)/t7?,11-,12+. The van der Waals surface area contributed by atoms with Crippen molar-refractivity contribution in [3.05, 3.63) is 23.8 Å². The lowest BCUT2D eigenvalue weighted by atomic mass is 10.0. The van der Waals surface area contributed by atoms with Crippen molar-refractivity contribution in [1.29, 1.82) is 0 Å². The molecule has 3 atom stereocenters. The Balaban J connectivity index is 1.96. The van der Waals surface area contributed by atoms with Gasteiger partial charge in [0.2, 0.25) is 15.9 Å². The van der Waals surface area contributed by atoms with Crippen molar-refractivity contribution in [2.45, 2.75) is 29.9 Å². The smallest absolute Gasteiger partial charge is 0.243 e. The molecular weight excluding hydrogens is 296 g/mol. The molecule has 0 saturated carbocycles. The summed E-state index contributed by atoms with van der Waals surface area (Å²) in [4.78, 5) is 11.7. The minimum atomic E-state index is -3.79. The van der Waals surface area contributed by atoms with Gasteiger partial charge in [-0.1, -0.05) is 0 Å². The number of hydrogen-bond acceptors (Lipinski definition) is 5. The van der Waals surface area contributed by atoms with E-state index in [2.05, 4.69) is 5.32 Å². The van der Waals surface area contributed by atoms with Crippen LogP contribution in [0.5, 0.6) is 0 Å². The lowest BCUT2D eigenvalue weighted by molar-refractivity contribution is -0.116. The number of nitrogens with one attached hydrogen (secondary N) is 1. The Morgan fingerprint density at radius 3 is 2.48 bits per heavy atom. The number of nitrogens with zero attached hydrogens (tertiary/aromatic N) is 1. The van der Waals surface area contributed by atoms with Crippen molar-refractivity contribution in [2.24, 2.45) is 0 Å². The number of aliphatic hydroxyl groups excluding tert-OH is 2. The van der Waals surface area contributed by atoms with Crippen molar-refractivity contribution in [3.63, 3.8) is 0 Å². The third kappa shape index (κ3) is 2.24. The lowest BCUT2D eigenvalue weighted by Gasteiger charge is -2.16. The van der Waals surface area contributed by atoms with Crippen LogP contribution >= 0.6 is 0 Å². The van der Waals surface area contributed by atoms with Crippen LogP contribution in [0.3, 0.4) is 0 Å². The molecule has 1 unspecified atom stereocenters. The molecule has 0 bridgehead atoms. The maximum absolute atomic E-state index is 12.5. The number of sulfonamides is 1. The summed E-state index contributed by atoms with van der Waals surface area (Å²) in [6.07, 6.45) is -2.15. The molecule has 0 spiro atoms. The SMILES string of the molecule is CC1C(=O)Nc2ccc(S(=O)(=O)N3C[C@@H](O)[C@@H](O)C3)cc21. The van der Waals surface area contributed by atoms with Gasteiger partial charge in [0.05, 0.1) is 23.0 Å². The highest BCUT2D eigenvalue weighted by molar-refractivity contribution is 7.89. The molecule has 2 aliphatic rings. The number of rotatable bonds is 2. The zero-order chi connectivity index (χ0) is 15.4. The first kappa shape index (κ1) is 14.5. The van der Waals surface area contributed by atoms with Crippen molar-refractivity contribution < 1.29 is 23.4 Å². The number of carbonyl (C=O) groups is 1. The van der Waals surface area contributed by atoms with Crippen LogP contribution in [0.1, 0.15) is 18.4 Å². The van der Waals surface area contributed by atoms with Crippen LogP contribution in [0.4, 0.5) is 5.69 Å². The Morgan fingerprint density at radius 1 is 1.24 bits per heavy atom. The average Bonchev–Trinajstić information content (AvgIpc) is 2.92. The van der Waals surface area contributed by atoms with Gasteiger partial charge in [-0.3, -0.25) is 4.79 Å². The highest BCUT2D eigenvalue weighted by Crippen LogP contribution is 2.34. The Kier molecular flexibility index (Phi) is 3.28. The molecule has 114 valence electrons. The fraction of sp³-hybridized carbons (Fsp3) is 0.462. The first-order chi connectivity index (χ1) is 9.80. The molecule has 3 rings (SSSR count). The van der Waals surface area contributed by atoms with Crippen LogP contribution in [0.15, 0.2) is 23.1 Å². The Bertz CT molecular complexity index is 693. The molecular formula is C13H16N2O5S. The van der Waals surface area contributed by atoms with E-state index in [0.717, 1.165) is 4.31 Å². The molecule has 2 heterocycles. The Hall–Kier alpha value is -1.48. The van der Waals surface area contributed by atoms with Crippen LogP contribution in [0.2, 0.25) is 0 Å². The lowest BCUT2D eigenvalue weighted by Crippen LogP contribution is -2.30. The number of hydrogen-bond donors (Lipinski definition) is 3. The maximum Gasteiger partial charge on any atom is 0.243 e. The second kappa shape index (κ2) is 4.77. The highest BCUT2D eigenvalue weighted by atomic mass is 32.2. The summed E-state index contributed by atoms with van der Waals surface area (Å²) >= 11 is 0. The topological polar surface area (TPSA) is 107 Å². The third-order valence-electron chi connectivity index (χ3n) is 4.00. The number of β-amino-alcohol motifs (C(OH)–C–C–N with tert-alkyl or cyclic N) is 2. The van der Waals surface area contributed by atoms with E-state index in [1.807, 2.05) is 0 Å². The van der Waals surface area contributed by atoms with E-state index in [4.69, 9.17) is 0 Å². The maximum atomic E-state index is 12.5. The number of carbonyl (C=O) groups excluding carboxylic acids is 1. The van der Waals surface area contributed by atoms with Gasteiger partial charge in [-0.15, -0.1) is 0 Å². The summed E-state index contributed by atoms with van der Waals surface area (Å²) in [7, 11) is -3.79. The van der Waals surface area contributed by atoms with E-state index in [9.17, 15) is 23.4 Å². The van der Waals surface area contributed by atoms with Crippen LogP contribution in [-0.2, 0) is 14.8 Å².